The standard InChI is InChI=1S/C26H50N10O11/c1-4-33(16-23(40)41)9-10-34(17-24(42)43)6-5-27-13-20(37)30-31-21(38)14-28-29-22(39)15-36(19-26(46)47)12-11-35(18-25(44)45)8-7-32(2)3/h27-28H,4-19H2,1-3H3,(H,29,39)(H,30,37)(H,31,38)(H,40,41)(H,42,43)(H,44,45)(H,46,47). The van der Waals surface area contributed by atoms with Crippen molar-refractivity contribution < 1.29 is 54.0 Å². The van der Waals surface area contributed by atoms with Gasteiger partial charge in [-0.25, -0.2) is 5.43 Å². The zero-order chi connectivity index (χ0) is 35.8. The number of rotatable bonds is 28. The second-order valence-electron chi connectivity index (χ2n) is 10.7. The molecule has 3 amide bonds. The third-order valence-corrected chi connectivity index (χ3v) is 6.29. The Kier molecular flexibility index (Phi) is 23.0. The van der Waals surface area contributed by atoms with Crippen LogP contribution in [0.5, 0.6) is 0 Å². The van der Waals surface area contributed by atoms with Crippen LogP contribution in [0.4, 0.5) is 0 Å². The third kappa shape index (κ3) is 25.8. The first kappa shape index (κ1) is 43.0. The van der Waals surface area contributed by atoms with E-state index in [1.807, 2.05) is 19.0 Å². The van der Waals surface area contributed by atoms with Gasteiger partial charge in [-0.1, -0.05) is 6.92 Å². The monoisotopic (exact) mass is 678 g/mol. The minimum atomic E-state index is -1.18. The molecule has 270 valence electrons. The molecule has 0 unspecified atom stereocenters. The fourth-order valence-electron chi connectivity index (χ4n) is 3.91. The van der Waals surface area contributed by atoms with Gasteiger partial charge < -0.3 is 30.6 Å². The van der Waals surface area contributed by atoms with Gasteiger partial charge in [0.1, 0.15) is 0 Å². The van der Waals surface area contributed by atoms with Gasteiger partial charge in [-0.15, -0.1) is 0 Å². The van der Waals surface area contributed by atoms with E-state index in [2.05, 4.69) is 27.0 Å². The number of carbonyl (C=O) groups is 7. The second kappa shape index (κ2) is 25.1. The van der Waals surface area contributed by atoms with Crippen LogP contribution in [-0.4, -0.2) is 205 Å². The predicted molar refractivity (Wildman–Crippen MR) is 166 cm³/mol. The average molecular weight is 679 g/mol. The van der Waals surface area contributed by atoms with Gasteiger partial charge in [0.25, 0.3) is 11.8 Å². The van der Waals surface area contributed by atoms with Crippen molar-refractivity contribution in [3.63, 3.8) is 0 Å². The molecular formula is C26H50N10O11. The minimum Gasteiger partial charge on any atom is -0.480 e. The average Bonchev–Trinajstić information content (AvgIpc) is 2.96. The van der Waals surface area contributed by atoms with Gasteiger partial charge in [0.2, 0.25) is 5.91 Å². The van der Waals surface area contributed by atoms with E-state index in [1.165, 1.54) is 4.90 Å². The summed E-state index contributed by atoms with van der Waals surface area (Å²) in [5.41, 5.74) is 8.94. The molecule has 0 aromatic heterocycles. The van der Waals surface area contributed by atoms with Gasteiger partial charge in [-0.05, 0) is 20.6 Å². The molecule has 0 rings (SSSR count). The summed E-state index contributed by atoms with van der Waals surface area (Å²) in [5.74, 6) is -6.20. The van der Waals surface area contributed by atoms with Gasteiger partial charge in [0, 0.05) is 52.4 Å². The molecule has 0 heterocycles. The Morgan fingerprint density at radius 3 is 1.43 bits per heavy atom. The van der Waals surface area contributed by atoms with E-state index in [9.17, 15) is 38.7 Å². The first-order valence-corrected chi connectivity index (χ1v) is 14.8. The van der Waals surface area contributed by atoms with Crippen LogP contribution >= 0.6 is 0 Å². The Bertz CT molecular complexity index is 1020. The summed E-state index contributed by atoms with van der Waals surface area (Å²) in [6.07, 6.45) is 0. The predicted octanol–water partition coefficient (Wildman–Crippen LogP) is -5.53. The lowest BCUT2D eigenvalue weighted by Gasteiger charge is -2.26. The van der Waals surface area contributed by atoms with Gasteiger partial charge in [0.05, 0.1) is 45.8 Å². The number of hydrogen-bond donors (Lipinski definition) is 9. The second-order valence-corrected chi connectivity index (χ2v) is 10.7. The molecule has 0 radical (unpaired) electrons. The van der Waals surface area contributed by atoms with Crippen LogP contribution in [-0.2, 0) is 33.6 Å². The topological polar surface area (TPSA) is 277 Å². The lowest BCUT2D eigenvalue weighted by Crippen LogP contribution is -2.52. The summed E-state index contributed by atoms with van der Waals surface area (Å²) < 4.78 is 0. The lowest BCUT2D eigenvalue weighted by molar-refractivity contribution is -0.140. The summed E-state index contributed by atoms with van der Waals surface area (Å²) in [6.45, 7) is 2.63. The Balaban J connectivity index is 4.47. The van der Waals surface area contributed by atoms with Crippen LogP contribution in [0.25, 0.3) is 0 Å². The van der Waals surface area contributed by atoms with Gasteiger partial charge in [-0.3, -0.25) is 69.4 Å². The number of likely N-dealkylation sites (N-methyl/N-ethyl adjacent to an activating group) is 2. The molecule has 21 nitrogen and oxygen atoms in total. The molecule has 0 atom stereocenters. The summed E-state index contributed by atoms with van der Waals surface area (Å²) >= 11 is 0. The van der Waals surface area contributed by atoms with Crippen LogP contribution in [0.15, 0.2) is 0 Å². The largest absolute Gasteiger partial charge is 0.480 e. The number of carboxylic acid groups (broad SMARTS) is 4. The van der Waals surface area contributed by atoms with Crippen molar-refractivity contribution in [2.75, 3.05) is 119 Å². The number of carbonyl (C=O) groups excluding carboxylic acids is 3. The lowest BCUT2D eigenvalue weighted by atomic mass is 10.3. The maximum Gasteiger partial charge on any atom is 0.317 e. The molecule has 0 aromatic rings. The fourth-order valence-corrected chi connectivity index (χ4v) is 3.91. The smallest absolute Gasteiger partial charge is 0.317 e. The highest BCUT2D eigenvalue weighted by atomic mass is 16.4. The molecule has 21 heteroatoms. The van der Waals surface area contributed by atoms with Crippen molar-refractivity contribution in [1.82, 2.24) is 51.5 Å². The van der Waals surface area contributed by atoms with Crippen molar-refractivity contribution in [1.29, 1.82) is 0 Å². The Morgan fingerprint density at radius 1 is 0.489 bits per heavy atom. The minimum absolute atomic E-state index is 0.100. The molecule has 0 aliphatic carbocycles. The first-order valence-electron chi connectivity index (χ1n) is 14.8. The van der Waals surface area contributed by atoms with E-state index in [0.717, 1.165) is 0 Å². The zero-order valence-electron chi connectivity index (χ0n) is 27.2. The molecule has 0 spiro atoms. The number of amides is 3. The van der Waals surface area contributed by atoms with E-state index >= 15 is 0 Å². The molecule has 0 saturated heterocycles. The van der Waals surface area contributed by atoms with Crippen molar-refractivity contribution in [3.05, 3.63) is 0 Å². The SMILES string of the molecule is CCN(CCN(CCNCC(=O)NNC(=O)CNNC(=O)CN(CCN(CCN(C)C)CC(=O)O)CC(=O)O)CC(=O)O)CC(=O)O. The molecule has 0 bridgehead atoms. The van der Waals surface area contributed by atoms with E-state index < -0.39 is 54.7 Å². The normalized spacial score (nSPS) is 11.3. The number of hydrazine groups is 2. The van der Waals surface area contributed by atoms with E-state index in [1.54, 1.807) is 21.6 Å². The van der Waals surface area contributed by atoms with Crippen LogP contribution in [0.3, 0.4) is 0 Å². The van der Waals surface area contributed by atoms with Crippen molar-refractivity contribution in [2.24, 2.45) is 0 Å². The number of carboxylic acids is 4. The van der Waals surface area contributed by atoms with Crippen molar-refractivity contribution in [2.45, 2.75) is 6.92 Å². The van der Waals surface area contributed by atoms with Crippen molar-refractivity contribution >= 4 is 41.6 Å². The first-order chi connectivity index (χ1) is 22.1. The molecule has 0 aromatic carbocycles. The molecule has 0 aliphatic rings. The van der Waals surface area contributed by atoms with Crippen molar-refractivity contribution in [3.8, 4) is 0 Å². The van der Waals surface area contributed by atoms with Crippen LogP contribution in [0.2, 0.25) is 0 Å². The Morgan fingerprint density at radius 2 is 0.915 bits per heavy atom. The summed E-state index contributed by atoms with van der Waals surface area (Å²) in [5, 5.41) is 39.2. The molecule has 0 saturated carbocycles. The molecular weight excluding hydrogens is 628 g/mol. The van der Waals surface area contributed by atoms with E-state index in [4.69, 9.17) is 15.3 Å². The Labute approximate surface area is 273 Å². The summed E-state index contributed by atoms with van der Waals surface area (Å²) in [6, 6.07) is 0. The highest BCUT2D eigenvalue weighted by Gasteiger charge is 2.18. The molecule has 9 N–H and O–H groups in total. The maximum atomic E-state index is 12.3. The maximum absolute atomic E-state index is 12.3. The summed E-state index contributed by atoms with van der Waals surface area (Å²) in [7, 11) is 3.67. The van der Waals surface area contributed by atoms with Gasteiger partial charge >= 0.3 is 23.9 Å². The number of hydrogen-bond acceptors (Lipinski definition) is 14. The quantitative estimate of drug-likeness (QED) is 0.0276. The van der Waals surface area contributed by atoms with E-state index in [-0.39, 0.29) is 58.9 Å². The molecule has 0 fully saturated rings. The van der Waals surface area contributed by atoms with Gasteiger partial charge in [0.15, 0.2) is 0 Å². The number of nitrogens with one attached hydrogen (secondary N) is 5. The Hall–Kier alpha value is -3.99. The number of aliphatic carboxylic acids is 4. The zero-order valence-corrected chi connectivity index (χ0v) is 27.2. The van der Waals surface area contributed by atoms with Crippen LogP contribution in [0.1, 0.15) is 6.92 Å². The van der Waals surface area contributed by atoms with Crippen LogP contribution < -0.4 is 27.0 Å². The van der Waals surface area contributed by atoms with Gasteiger partial charge in [-0.2, -0.15) is 0 Å². The fraction of sp³-hybridized carbons (Fsp3) is 0.731. The molecule has 0 aliphatic heterocycles. The van der Waals surface area contributed by atoms with Crippen LogP contribution in [0, 0.1) is 0 Å². The van der Waals surface area contributed by atoms with E-state index in [0.29, 0.717) is 32.7 Å². The highest BCUT2D eigenvalue weighted by molar-refractivity contribution is 5.84. The highest BCUT2D eigenvalue weighted by Crippen LogP contribution is 1.96. The number of nitrogens with zero attached hydrogens (tertiary/aromatic N) is 5. The third-order valence-electron chi connectivity index (χ3n) is 6.29. The molecule has 47 heavy (non-hydrogen) atoms. The summed E-state index contributed by atoms with van der Waals surface area (Å²) in [4.78, 5) is 88.9.